The van der Waals surface area contributed by atoms with Gasteiger partial charge in [-0.05, 0) is 43.0 Å². The van der Waals surface area contributed by atoms with Gasteiger partial charge in [0.2, 0.25) is 10.0 Å². The molecule has 18 heavy (non-hydrogen) atoms. The largest absolute Gasteiger partial charge is 0.399 e. The maximum Gasteiger partial charge on any atom is 0.243 e. The van der Waals surface area contributed by atoms with E-state index in [1.165, 1.54) is 16.4 Å². The van der Waals surface area contributed by atoms with Gasteiger partial charge in [0.05, 0.1) is 4.90 Å². The predicted molar refractivity (Wildman–Crippen MR) is 69.4 cm³/mol. The highest BCUT2D eigenvalue weighted by Crippen LogP contribution is 2.23. The summed E-state index contributed by atoms with van der Waals surface area (Å²) >= 11 is 0. The van der Waals surface area contributed by atoms with Crippen molar-refractivity contribution in [2.45, 2.75) is 17.7 Å². The number of aliphatic hydroxyl groups is 1. The van der Waals surface area contributed by atoms with Crippen LogP contribution in [-0.2, 0) is 10.0 Å². The lowest BCUT2D eigenvalue weighted by Gasteiger charge is -2.30. The maximum atomic E-state index is 12.3. The highest BCUT2D eigenvalue weighted by molar-refractivity contribution is 7.89. The van der Waals surface area contributed by atoms with Crippen molar-refractivity contribution in [1.82, 2.24) is 4.31 Å². The average Bonchev–Trinajstić information content (AvgIpc) is 2.39. The molecule has 1 heterocycles. The molecule has 5 nitrogen and oxygen atoms in total. The number of hydrogen-bond acceptors (Lipinski definition) is 4. The minimum absolute atomic E-state index is 0.135. The van der Waals surface area contributed by atoms with Gasteiger partial charge < -0.3 is 10.8 Å². The third-order valence-electron chi connectivity index (χ3n) is 3.35. The Labute approximate surface area is 107 Å². The van der Waals surface area contributed by atoms with Gasteiger partial charge in [-0.25, -0.2) is 8.42 Å². The minimum Gasteiger partial charge on any atom is -0.399 e. The molecule has 1 aliphatic heterocycles. The second-order valence-corrected chi connectivity index (χ2v) is 6.54. The molecule has 2 rings (SSSR count). The van der Waals surface area contributed by atoms with Crippen LogP contribution in [0.15, 0.2) is 29.2 Å². The molecule has 0 radical (unpaired) electrons. The summed E-state index contributed by atoms with van der Waals surface area (Å²) in [4.78, 5) is 0.277. The van der Waals surface area contributed by atoms with E-state index in [4.69, 9.17) is 10.8 Å². The first-order valence-corrected chi connectivity index (χ1v) is 7.44. The van der Waals surface area contributed by atoms with Crippen LogP contribution in [-0.4, -0.2) is 37.5 Å². The predicted octanol–water partition coefficient (Wildman–Crippen LogP) is 0.662. The molecule has 1 aromatic carbocycles. The van der Waals surface area contributed by atoms with E-state index >= 15 is 0 Å². The summed E-state index contributed by atoms with van der Waals surface area (Å²) in [5.41, 5.74) is 6.10. The summed E-state index contributed by atoms with van der Waals surface area (Å²) in [5, 5.41) is 9.05. The summed E-state index contributed by atoms with van der Waals surface area (Å²) in [6.07, 6.45) is 1.43. The Hall–Kier alpha value is -1.11. The van der Waals surface area contributed by atoms with Gasteiger partial charge in [-0.1, -0.05) is 0 Å². The zero-order valence-electron chi connectivity index (χ0n) is 10.1. The second kappa shape index (κ2) is 5.26. The van der Waals surface area contributed by atoms with Gasteiger partial charge in [0.25, 0.3) is 0 Å². The summed E-state index contributed by atoms with van der Waals surface area (Å²) in [5.74, 6) is 0.225. The number of piperidine rings is 1. The number of rotatable bonds is 3. The molecule has 6 heteroatoms. The number of anilines is 1. The van der Waals surface area contributed by atoms with Crippen molar-refractivity contribution >= 4 is 15.7 Å². The van der Waals surface area contributed by atoms with Crippen LogP contribution in [0.1, 0.15) is 12.8 Å². The van der Waals surface area contributed by atoms with E-state index in [1.807, 2.05) is 0 Å². The molecule has 1 aromatic rings. The number of nitrogens with two attached hydrogens (primary N) is 1. The van der Waals surface area contributed by atoms with E-state index in [2.05, 4.69) is 0 Å². The van der Waals surface area contributed by atoms with E-state index in [-0.39, 0.29) is 17.4 Å². The van der Waals surface area contributed by atoms with Gasteiger partial charge in [0.1, 0.15) is 0 Å². The van der Waals surface area contributed by atoms with Gasteiger partial charge in [-0.2, -0.15) is 4.31 Å². The maximum absolute atomic E-state index is 12.3. The van der Waals surface area contributed by atoms with Crippen LogP contribution < -0.4 is 5.73 Å². The van der Waals surface area contributed by atoms with Gasteiger partial charge in [-0.15, -0.1) is 0 Å². The third kappa shape index (κ3) is 2.66. The molecule has 0 aliphatic carbocycles. The van der Waals surface area contributed by atoms with E-state index in [0.717, 1.165) is 0 Å². The number of nitrogens with zero attached hydrogens (tertiary/aromatic N) is 1. The van der Waals surface area contributed by atoms with Crippen LogP contribution in [0.4, 0.5) is 5.69 Å². The van der Waals surface area contributed by atoms with Crippen molar-refractivity contribution in [2.75, 3.05) is 25.4 Å². The summed E-state index contributed by atoms with van der Waals surface area (Å²) < 4.78 is 26.1. The Morgan fingerprint density at radius 1 is 1.22 bits per heavy atom. The van der Waals surface area contributed by atoms with Crippen molar-refractivity contribution in [2.24, 2.45) is 5.92 Å². The van der Waals surface area contributed by atoms with E-state index in [9.17, 15) is 8.42 Å². The molecule has 1 aliphatic rings. The molecule has 100 valence electrons. The first-order valence-electron chi connectivity index (χ1n) is 6.00. The van der Waals surface area contributed by atoms with Gasteiger partial charge >= 0.3 is 0 Å². The molecular weight excluding hydrogens is 252 g/mol. The van der Waals surface area contributed by atoms with Crippen LogP contribution in [0.2, 0.25) is 0 Å². The lowest BCUT2D eigenvalue weighted by molar-refractivity contribution is 0.170. The molecular formula is C12H18N2O3S. The van der Waals surface area contributed by atoms with E-state index in [0.29, 0.717) is 31.6 Å². The number of aliphatic hydroxyl groups excluding tert-OH is 1. The Balaban J connectivity index is 2.15. The zero-order valence-corrected chi connectivity index (χ0v) is 10.9. The van der Waals surface area contributed by atoms with Crippen LogP contribution >= 0.6 is 0 Å². The molecule has 0 aromatic heterocycles. The Morgan fingerprint density at radius 3 is 2.28 bits per heavy atom. The fourth-order valence-corrected chi connectivity index (χ4v) is 3.59. The third-order valence-corrected chi connectivity index (χ3v) is 5.26. The van der Waals surface area contributed by atoms with Crippen LogP contribution in [0.5, 0.6) is 0 Å². The van der Waals surface area contributed by atoms with Gasteiger partial charge in [0.15, 0.2) is 0 Å². The lowest BCUT2D eigenvalue weighted by Crippen LogP contribution is -2.39. The molecule has 0 amide bonds. The molecule has 0 unspecified atom stereocenters. The number of benzene rings is 1. The lowest BCUT2D eigenvalue weighted by atomic mass is 10.00. The van der Waals surface area contributed by atoms with E-state index < -0.39 is 10.0 Å². The SMILES string of the molecule is Nc1ccc(S(=O)(=O)N2CCC(CO)CC2)cc1. The van der Waals surface area contributed by atoms with Gasteiger partial charge in [-0.3, -0.25) is 0 Å². The zero-order chi connectivity index (χ0) is 13.2. The fourth-order valence-electron chi connectivity index (χ4n) is 2.12. The topological polar surface area (TPSA) is 83.6 Å². The van der Waals surface area contributed by atoms with Gasteiger partial charge in [0, 0.05) is 25.4 Å². The monoisotopic (exact) mass is 270 g/mol. The van der Waals surface area contributed by atoms with Crippen molar-refractivity contribution in [3.05, 3.63) is 24.3 Å². The molecule has 3 N–H and O–H groups in total. The average molecular weight is 270 g/mol. The molecule has 0 atom stereocenters. The van der Waals surface area contributed by atoms with Crippen LogP contribution in [0, 0.1) is 5.92 Å². The fraction of sp³-hybridized carbons (Fsp3) is 0.500. The normalized spacial score (nSPS) is 18.9. The number of nitrogen functional groups attached to an aromatic ring is 1. The Bertz CT molecular complexity index is 491. The van der Waals surface area contributed by atoms with Crippen LogP contribution in [0.3, 0.4) is 0 Å². The summed E-state index contributed by atoms with van der Waals surface area (Å²) in [6, 6.07) is 6.24. The van der Waals surface area contributed by atoms with Crippen molar-refractivity contribution < 1.29 is 13.5 Å². The number of hydrogen-bond donors (Lipinski definition) is 2. The minimum atomic E-state index is -3.41. The quantitative estimate of drug-likeness (QED) is 0.790. The number of sulfonamides is 1. The molecule has 0 bridgehead atoms. The first-order chi connectivity index (χ1) is 8.54. The Kier molecular flexibility index (Phi) is 3.89. The van der Waals surface area contributed by atoms with E-state index in [1.54, 1.807) is 12.1 Å². The second-order valence-electron chi connectivity index (χ2n) is 4.60. The van der Waals surface area contributed by atoms with Crippen molar-refractivity contribution in [3.8, 4) is 0 Å². The Morgan fingerprint density at radius 2 is 1.78 bits per heavy atom. The van der Waals surface area contributed by atoms with Crippen molar-refractivity contribution in [1.29, 1.82) is 0 Å². The highest BCUT2D eigenvalue weighted by Gasteiger charge is 2.28. The summed E-state index contributed by atoms with van der Waals surface area (Å²) in [6.45, 7) is 1.08. The van der Waals surface area contributed by atoms with Crippen LogP contribution in [0.25, 0.3) is 0 Å². The standard InChI is InChI=1S/C12H18N2O3S/c13-11-1-3-12(4-2-11)18(16,17)14-7-5-10(9-15)6-8-14/h1-4,10,15H,5-9,13H2. The first kappa shape index (κ1) is 13.3. The molecule has 0 saturated carbocycles. The molecule has 1 fully saturated rings. The van der Waals surface area contributed by atoms with Crippen molar-refractivity contribution in [3.63, 3.8) is 0 Å². The molecule has 0 spiro atoms. The summed E-state index contributed by atoms with van der Waals surface area (Å²) in [7, 11) is -3.41. The smallest absolute Gasteiger partial charge is 0.243 e. The molecule has 1 saturated heterocycles. The highest BCUT2D eigenvalue weighted by atomic mass is 32.2.